The quantitative estimate of drug-likeness (QED) is 0.263. The van der Waals surface area contributed by atoms with Gasteiger partial charge in [0.15, 0.2) is 0 Å². The number of Topliss-reactive ketones (excluding diaryl/α,β-unsaturated/α-hetero) is 1. The minimum atomic E-state index is -0.887. The topological polar surface area (TPSA) is 78.9 Å². The molecule has 6 heteroatoms. The van der Waals surface area contributed by atoms with Crippen molar-refractivity contribution in [1.29, 1.82) is 0 Å². The van der Waals surface area contributed by atoms with Gasteiger partial charge in [0.1, 0.15) is 13.2 Å². The first kappa shape index (κ1) is 15.3. The van der Waals surface area contributed by atoms with Gasteiger partial charge in [-0.15, -0.1) is 0 Å². The van der Waals surface area contributed by atoms with Crippen LogP contribution in [0.3, 0.4) is 0 Å². The van der Waals surface area contributed by atoms with Crippen molar-refractivity contribution in [1.82, 2.24) is 0 Å². The number of hydrogen-bond acceptors (Lipinski definition) is 6. The Bertz CT molecular complexity index is 277. The van der Waals surface area contributed by atoms with E-state index in [0.29, 0.717) is 5.57 Å². The molecule has 0 spiro atoms. The summed E-state index contributed by atoms with van der Waals surface area (Å²) < 4.78 is 14.3. The van der Waals surface area contributed by atoms with Gasteiger partial charge in [0.05, 0.1) is 13.2 Å². The lowest BCUT2D eigenvalue weighted by molar-refractivity contribution is -0.154. The van der Waals surface area contributed by atoms with Crippen LogP contribution in [0.25, 0.3) is 0 Å². The maximum Gasteiger partial charge on any atom is 0.374 e. The number of ether oxygens (including phenoxy) is 3. The molecule has 0 radical (unpaired) electrons. The molecule has 0 aliphatic carbocycles. The Morgan fingerprint density at radius 1 is 0.882 bits per heavy atom. The molecule has 0 unspecified atom stereocenters. The van der Waals surface area contributed by atoms with E-state index in [1.165, 1.54) is 0 Å². The van der Waals surface area contributed by atoms with Crippen LogP contribution in [-0.4, -0.2) is 44.1 Å². The number of hydrogen-bond donors (Lipinski definition) is 0. The summed E-state index contributed by atoms with van der Waals surface area (Å²) in [6.07, 6.45) is 0. The molecule has 0 aromatic carbocycles. The number of rotatable bonds is 8. The van der Waals surface area contributed by atoms with Gasteiger partial charge in [-0.05, 0) is 6.92 Å². The first-order valence-electron chi connectivity index (χ1n) is 5.03. The van der Waals surface area contributed by atoms with Gasteiger partial charge in [-0.25, -0.2) is 9.59 Å². The van der Waals surface area contributed by atoms with Gasteiger partial charge in [-0.3, -0.25) is 4.79 Å². The Morgan fingerprint density at radius 2 is 1.35 bits per heavy atom. The minimum absolute atomic E-state index is 0.00710. The fourth-order valence-corrected chi connectivity index (χ4v) is 0.713. The second-order valence-electron chi connectivity index (χ2n) is 3.22. The first-order valence-corrected chi connectivity index (χ1v) is 5.03. The van der Waals surface area contributed by atoms with Crippen LogP contribution in [0.4, 0.5) is 0 Å². The average Bonchev–Trinajstić information content (AvgIpc) is 2.26. The third-order valence-corrected chi connectivity index (χ3v) is 1.56. The van der Waals surface area contributed by atoms with Crippen LogP contribution in [0.15, 0.2) is 12.2 Å². The monoisotopic (exact) mass is 244 g/mol. The van der Waals surface area contributed by atoms with Crippen molar-refractivity contribution in [2.24, 2.45) is 0 Å². The molecule has 17 heavy (non-hydrogen) atoms. The molecule has 0 amide bonds. The van der Waals surface area contributed by atoms with Crippen LogP contribution in [0.5, 0.6) is 0 Å². The number of esters is 2. The van der Waals surface area contributed by atoms with Gasteiger partial charge in [0.2, 0.25) is 5.78 Å². The fraction of sp³-hybridized carbons (Fsp3) is 0.545. The highest BCUT2D eigenvalue weighted by Gasteiger charge is 2.07. The fourth-order valence-electron chi connectivity index (χ4n) is 0.713. The minimum Gasteiger partial charge on any atom is -0.460 e. The van der Waals surface area contributed by atoms with E-state index in [2.05, 4.69) is 11.3 Å². The van der Waals surface area contributed by atoms with Crippen LogP contribution in [0.1, 0.15) is 13.8 Å². The number of carbonyl (C=O) groups excluding carboxylic acids is 3. The standard InChI is InChI=1S/C11H16O6/c1-8(2)10(13)16-6-4-15-5-7-17-11(14)9(3)12/h1,4-7H2,2-3H3. The van der Waals surface area contributed by atoms with Crippen molar-refractivity contribution in [2.45, 2.75) is 13.8 Å². The van der Waals surface area contributed by atoms with Crippen LogP contribution < -0.4 is 0 Å². The van der Waals surface area contributed by atoms with Crippen LogP contribution in [0.2, 0.25) is 0 Å². The van der Waals surface area contributed by atoms with E-state index in [0.717, 1.165) is 6.92 Å². The normalized spacial score (nSPS) is 9.53. The van der Waals surface area contributed by atoms with Gasteiger partial charge >= 0.3 is 11.9 Å². The van der Waals surface area contributed by atoms with E-state index in [-0.39, 0.29) is 26.4 Å². The van der Waals surface area contributed by atoms with E-state index in [1.54, 1.807) is 6.92 Å². The number of ketones is 1. The molecule has 0 aliphatic heterocycles. The summed E-state index contributed by atoms with van der Waals surface area (Å²) in [5.41, 5.74) is 0.320. The maximum absolute atomic E-state index is 10.9. The molecule has 0 rings (SSSR count). The van der Waals surface area contributed by atoms with Crippen LogP contribution >= 0.6 is 0 Å². The molecule has 0 aromatic rings. The van der Waals surface area contributed by atoms with Crippen molar-refractivity contribution in [2.75, 3.05) is 26.4 Å². The zero-order valence-electron chi connectivity index (χ0n) is 9.99. The molecule has 0 N–H and O–H groups in total. The predicted octanol–water partition coefficient (Wildman–Crippen LogP) is 0.254. The second kappa shape index (κ2) is 8.46. The predicted molar refractivity (Wildman–Crippen MR) is 58.2 cm³/mol. The zero-order valence-corrected chi connectivity index (χ0v) is 9.99. The van der Waals surface area contributed by atoms with E-state index in [9.17, 15) is 14.4 Å². The largest absolute Gasteiger partial charge is 0.460 e. The summed E-state index contributed by atoms with van der Waals surface area (Å²) in [5.74, 6) is -2.01. The van der Waals surface area contributed by atoms with Crippen LogP contribution in [0, 0.1) is 0 Å². The maximum atomic E-state index is 10.9. The highest BCUT2D eigenvalue weighted by Crippen LogP contribution is 1.91. The number of carbonyl (C=O) groups is 3. The lowest BCUT2D eigenvalue weighted by atomic mass is 10.4. The zero-order chi connectivity index (χ0) is 13.3. The molecular weight excluding hydrogens is 228 g/mol. The Hall–Kier alpha value is -1.69. The third-order valence-electron chi connectivity index (χ3n) is 1.56. The third kappa shape index (κ3) is 8.15. The Kier molecular flexibility index (Phi) is 7.62. The van der Waals surface area contributed by atoms with Gasteiger partial charge < -0.3 is 14.2 Å². The van der Waals surface area contributed by atoms with Gasteiger partial charge in [0.25, 0.3) is 0 Å². The van der Waals surface area contributed by atoms with Crippen molar-refractivity contribution >= 4 is 17.7 Å². The Morgan fingerprint density at radius 3 is 1.76 bits per heavy atom. The van der Waals surface area contributed by atoms with Crippen molar-refractivity contribution in [3.8, 4) is 0 Å². The molecular formula is C11H16O6. The molecule has 0 saturated heterocycles. The molecule has 0 heterocycles. The van der Waals surface area contributed by atoms with E-state index < -0.39 is 17.7 Å². The summed E-state index contributed by atoms with van der Waals surface area (Å²) in [6.45, 7) is 6.52. The highest BCUT2D eigenvalue weighted by atomic mass is 16.6. The summed E-state index contributed by atoms with van der Waals surface area (Å²) in [4.78, 5) is 32.1. The van der Waals surface area contributed by atoms with E-state index >= 15 is 0 Å². The molecule has 0 aromatic heterocycles. The molecule has 96 valence electrons. The second-order valence-corrected chi connectivity index (χ2v) is 3.22. The summed E-state index contributed by atoms with van der Waals surface area (Å²) in [5, 5.41) is 0. The average molecular weight is 244 g/mol. The first-order chi connectivity index (χ1) is 7.95. The molecule has 6 nitrogen and oxygen atoms in total. The van der Waals surface area contributed by atoms with Crippen molar-refractivity contribution in [3.63, 3.8) is 0 Å². The van der Waals surface area contributed by atoms with Crippen LogP contribution in [-0.2, 0) is 28.6 Å². The molecule has 0 fully saturated rings. The van der Waals surface area contributed by atoms with Crippen molar-refractivity contribution in [3.05, 3.63) is 12.2 Å². The lowest BCUT2D eigenvalue weighted by Gasteiger charge is -2.06. The van der Waals surface area contributed by atoms with E-state index in [4.69, 9.17) is 9.47 Å². The SMILES string of the molecule is C=C(C)C(=O)OCCOCCOC(=O)C(C)=O. The van der Waals surface area contributed by atoms with Crippen molar-refractivity contribution < 1.29 is 28.6 Å². The van der Waals surface area contributed by atoms with E-state index in [1.807, 2.05) is 0 Å². The molecule has 0 bridgehead atoms. The lowest BCUT2D eigenvalue weighted by Crippen LogP contribution is -2.18. The van der Waals surface area contributed by atoms with Gasteiger partial charge in [0, 0.05) is 12.5 Å². The van der Waals surface area contributed by atoms with Gasteiger partial charge in [-0.1, -0.05) is 6.58 Å². The summed E-state index contributed by atoms with van der Waals surface area (Å²) >= 11 is 0. The Labute approximate surface area is 99.5 Å². The molecule has 0 saturated carbocycles. The molecule has 0 atom stereocenters. The Balaban J connectivity index is 3.36. The van der Waals surface area contributed by atoms with Gasteiger partial charge in [-0.2, -0.15) is 0 Å². The summed E-state index contributed by atoms with van der Waals surface area (Å²) in [6, 6.07) is 0. The smallest absolute Gasteiger partial charge is 0.374 e. The summed E-state index contributed by atoms with van der Waals surface area (Å²) in [7, 11) is 0. The highest BCUT2D eigenvalue weighted by molar-refractivity contribution is 6.32. The molecule has 0 aliphatic rings.